The normalized spacial score (nSPS) is 12.9. The first-order chi connectivity index (χ1) is 5.63. The van der Waals surface area contributed by atoms with Gasteiger partial charge in [-0.2, -0.15) is 0 Å². The third-order valence-electron chi connectivity index (χ3n) is 1.16. The van der Waals surface area contributed by atoms with Gasteiger partial charge in [0.05, 0.1) is 16.2 Å². The summed E-state index contributed by atoms with van der Waals surface area (Å²) in [6.07, 6.45) is 0. The summed E-state index contributed by atoms with van der Waals surface area (Å²) in [6, 6.07) is 0. The Morgan fingerprint density at radius 2 is 1.33 bits per heavy atom. The van der Waals surface area contributed by atoms with E-state index in [2.05, 4.69) is 0 Å². The van der Waals surface area contributed by atoms with Crippen molar-refractivity contribution in [3.63, 3.8) is 0 Å². The molecule has 0 atom stereocenters. The molecule has 82 valence electrons. The van der Waals surface area contributed by atoms with E-state index in [1.54, 1.807) is 0 Å². The van der Waals surface area contributed by atoms with Crippen LogP contribution in [0.3, 0.4) is 0 Å². The molecule has 0 saturated carbocycles. The van der Waals surface area contributed by atoms with Crippen LogP contribution < -0.4 is 10.2 Å². The molecule has 15 heavy (non-hydrogen) atoms. The van der Waals surface area contributed by atoms with E-state index in [4.69, 9.17) is 0 Å². The van der Waals surface area contributed by atoms with Gasteiger partial charge in [0.15, 0.2) is 0 Å². The van der Waals surface area contributed by atoms with Gasteiger partial charge in [0, 0.05) is 17.1 Å². The first-order valence-electron chi connectivity index (χ1n) is 3.05. The van der Waals surface area contributed by atoms with Crippen molar-refractivity contribution in [3.05, 3.63) is 9.81 Å². The van der Waals surface area contributed by atoms with Gasteiger partial charge in [0.25, 0.3) is 0 Å². The number of carbonyl (C=O) groups excluding carboxylic acids is 2. The maximum atomic E-state index is 10.3. The largest absolute Gasteiger partial charge is 2.00 e. The van der Waals surface area contributed by atoms with Gasteiger partial charge >= 0.3 is 48.9 Å². The monoisotopic (exact) mass is 378 g/mol. The van der Waals surface area contributed by atoms with Crippen molar-refractivity contribution in [2.24, 2.45) is 0 Å². The summed E-state index contributed by atoms with van der Waals surface area (Å²) < 4.78 is 0.287. The Bertz CT molecular complexity index is 242. The first kappa shape index (κ1) is 21.2. The number of thioether (sulfide) groups is 2. The number of aliphatic carboxylic acids is 2. The third-order valence-corrected chi connectivity index (χ3v) is 3.88. The minimum atomic E-state index is -1.67. The molecule has 1 fully saturated rings. The fourth-order valence-corrected chi connectivity index (χ4v) is 3.20. The Hall–Kier alpha value is 0.871. The van der Waals surface area contributed by atoms with E-state index in [9.17, 15) is 19.8 Å². The molecule has 0 aromatic heterocycles. The van der Waals surface area contributed by atoms with E-state index >= 15 is 0 Å². The summed E-state index contributed by atoms with van der Waals surface area (Å²) in [5, 5.41) is 20.6. The maximum Gasteiger partial charge on any atom is 2.00 e. The van der Waals surface area contributed by atoms with Crippen LogP contribution in [-0.4, -0.2) is 83.3 Å². The predicted octanol–water partition coefficient (Wildman–Crippen LogP) is -3.85. The molecule has 9 heteroatoms. The zero-order chi connectivity index (χ0) is 9.14. The van der Waals surface area contributed by atoms with Crippen LogP contribution in [0.4, 0.5) is 0 Å². The van der Waals surface area contributed by atoms with Gasteiger partial charge < -0.3 is 30.8 Å². The molecule has 4 N–H and O–H groups in total. The first-order valence-corrected chi connectivity index (χ1v) is 5.02. The van der Waals surface area contributed by atoms with Crippen molar-refractivity contribution < 1.29 is 30.8 Å². The van der Waals surface area contributed by atoms with Crippen LogP contribution in [0.1, 0.15) is 0 Å². The number of carboxylic acids is 2. The van der Waals surface area contributed by atoms with E-state index in [-0.39, 0.29) is 64.1 Å². The van der Waals surface area contributed by atoms with Gasteiger partial charge in [-0.25, -0.2) is 0 Å². The summed E-state index contributed by atoms with van der Waals surface area (Å²) in [4.78, 5) is 20.6. The second-order valence-corrected chi connectivity index (χ2v) is 4.40. The number of rotatable bonds is 2. The van der Waals surface area contributed by atoms with Gasteiger partial charge in [-0.3, -0.25) is 0 Å². The van der Waals surface area contributed by atoms with Crippen molar-refractivity contribution in [2.45, 2.75) is 0 Å². The number of hydrogen-bond acceptors (Lipinski definition) is 6. The fraction of sp³-hybridized carbons (Fsp3) is 0.333. The maximum absolute atomic E-state index is 10.3. The second-order valence-electron chi connectivity index (χ2n) is 1.93. The number of hydrogen-bond donors (Lipinski definition) is 0. The minimum absolute atomic E-state index is 0. The molecule has 6 nitrogen and oxygen atoms in total. The van der Waals surface area contributed by atoms with Gasteiger partial charge in [0.2, 0.25) is 0 Å². The standard InChI is InChI=1S/C6H6O4S2.Ba.2H2O/c7-4(8)3(5(9)10)6-11-1-2-12-6;;;/h1-2H2,(H,7,8)(H,9,10);;2*1H2/q;+2;;/p-2. The molecule has 0 radical (unpaired) electrons. The van der Waals surface area contributed by atoms with Crippen LogP contribution in [0.15, 0.2) is 9.81 Å². The van der Waals surface area contributed by atoms with E-state index in [0.29, 0.717) is 0 Å². The molecule has 0 aromatic carbocycles. The molecule has 1 heterocycles. The Morgan fingerprint density at radius 1 is 1.00 bits per heavy atom. The van der Waals surface area contributed by atoms with E-state index < -0.39 is 17.5 Å². The number of carboxylic acid groups (broad SMARTS) is 2. The molecule has 1 saturated heterocycles. The van der Waals surface area contributed by atoms with Gasteiger partial charge in [-0.15, -0.1) is 23.5 Å². The molecule has 0 aromatic rings. The Kier molecular flexibility index (Phi) is 14.2. The summed E-state index contributed by atoms with van der Waals surface area (Å²) in [5.41, 5.74) is -0.720. The Labute approximate surface area is 135 Å². The topological polar surface area (TPSA) is 143 Å². The minimum Gasteiger partial charge on any atom is -0.545 e. The molecule has 0 spiro atoms. The molecule has 1 rings (SSSR count). The zero-order valence-corrected chi connectivity index (χ0v) is 13.6. The van der Waals surface area contributed by atoms with E-state index in [1.165, 1.54) is 23.5 Å². The summed E-state index contributed by atoms with van der Waals surface area (Å²) in [7, 11) is 0. The predicted molar refractivity (Wildman–Crippen MR) is 54.9 cm³/mol. The molecule has 1 aliphatic rings. The molecular formula is C6H8BaO6S2. The van der Waals surface area contributed by atoms with Crippen LogP contribution in [-0.2, 0) is 9.59 Å². The summed E-state index contributed by atoms with van der Waals surface area (Å²) >= 11 is 2.42. The van der Waals surface area contributed by atoms with Crippen molar-refractivity contribution in [1.82, 2.24) is 0 Å². The number of carbonyl (C=O) groups is 2. The molecule has 0 bridgehead atoms. The fourth-order valence-electron chi connectivity index (χ4n) is 0.705. The summed E-state index contributed by atoms with van der Waals surface area (Å²) in [6.45, 7) is 0. The van der Waals surface area contributed by atoms with Crippen molar-refractivity contribution in [3.8, 4) is 0 Å². The van der Waals surface area contributed by atoms with Gasteiger partial charge in [-0.1, -0.05) is 0 Å². The van der Waals surface area contributed by atoms with Gasteiger partial charge in [-0.05, 0) is 0 Å². The van der Waals surface area contributed by atoms with Crippen LogP contribution in [0.5, 0.6) is 0 Å². The average molecular weight is 378 g/mol. The molecule has 0 unspecified atom stereocenters. The van der Waals surface area contributed by atoms with Gasteiger partial charge in [0.1, 0.15) is 0 Å². The van der Waals surface area contributed by atoms with Crippen molar-refractivity contribution in [2.75, 3.05) is 11.5 Å². The molecule has 0 aliphatic carbocycles. The van der Waals surface area contributed by atoms with Crippen LogP contribution in [0.2, 0.25) is 0 Å². The smallest absolute Gasteiger partial charge is 0.545 e. The van der Waals surface area contributed by atoms with Crippen molar-refractivity contribution >= 4 is 84.3 Å². The Balaban J connectivity index is -0.000000480. The van der Waals surface area contributed by atoms with Crippen LogP contribution >= 0.6 is 23.5 Å². The van der Waals surface area contributed by atoms with E-state index in [1.807, 2.05) is 0 Å². The summed E-state index contributed by atoms with van der Waals surface area (Å²) in [5.74, 6) is -1.90. The zero-order valence-electron chi connectivity index (χ0n) is 7.57. The van der Waals surface area contributed by atoms with Crippen LogP contribution in [0, 0.1) is 0 Å². The second kappa shape index (κ2) is 10.1. The molecular weight excluding hydrogens is 370 g/mol. The molecule has 0 amide bonds. The Morgan fingerprint density at radius 3 is 1.60 bits per heavy atom. The van der Waals surface area contributed by atoms with E-state index in [0.717, 1.165) is 11.5 Å². The quantitative estimate of drug-likeness (QED) is 0.208. The molecule has 1 aliphatic heterocycles. The third kappa shape index (κ3) is 6.24. The van der Waals surface area contributed by atoms with Crippen molar-refractivity contribution in [1.29, 1.82) is 0 Å². The van der Waals surface area contributed by atoms with Crippen LogP contribution in [0.25, 0.3) is 0 Å². The average Bonchev–Trinajstić information content (AvgIpc) is 2.37. The SMILES string of the molecule is O.O.O=C([O-])C(C(=O)[O-])=C1SCCS1.[Ba+2].